The van der Waals surface area contributed by atoms with Crippen LogP contribution < -0.4 is 15.6 Å². The minimum atomic E-state index is -1.34. The first-order valence-electron chi connectivity index (χ1n) is 7.86. The summed E-state index contributed by atoms with van der Waals surface area (Å²) in [6.45, 7) is 7.80. The van der Waals surface area contributed by atoms with E-state index in [0.717, 1.165) is 6.07 Å². The van der Waals surface area contributed by atoms with Crippen LogP contribution in [0.15, 0.2) is 23.6 Å². The lowest BCUT2D eigenvalue weighted by molar-refractivity contribution is 0.00578. The summed E-state index contributed by atoms with van der Waals surface area (Å²) in [5, 5.41) is 12.7. The normalized spacial score (nSPS) is 18.0. The number of amides is 1. The minimum absolute atomic E-state index is 0.151. The SMILES string of the molecule is CC1(C)OB(c2csc(Oc3ccc(NC(=O)O)c(F)c3)n2)OC1(C)C. The van der Waals surface area contributed by atoms with E-state index in [4.69, 9.17) is 19.2 Å². The van der Waals surface area contributed by atoms with Crippen molar-refractivity contribution < 1.29 is 28.3 Å². The zero-order valence-corrected chi connectivity index (χ0v) is 15.5. The molecule has 7 nitrogen and oxygen atoms in total. The Morgan fingerprint density at radius 2 is 1.96 bits per heavy atom. The van der Waals surface area contributed by atoms with Gasteiger partial charge in [0.2, 0.25) is 0 Å². The van der Waals surface area contributed by atoms with E-state index in [-0.39, 0.29) is 11.4 Å². The molecule has 1 aromatic heterocycles. The van der Waals surface area contributed by atoms with Gasteiger partial charge in [0.25, 0.3) is 5.19 Å². The summed E-state index contributed by atoms with van der Waals surface area (Å²) < 4.78 is 31.3. The highest BCUT2D eigenvalue weighted by Gasteiger charge is 2.52. The molecule has 2 heterocycles. The van der Waals surface area contributed by atoms with Crippen LogP contribution >= 0.6 is 11.3 Å². The summed E-state index contributed by atoms with van der Waals surface area (Å²) in [7, 11) is -0.604. The van der Waals surface area contributed by atoms with Crippen LogP contribution in [0.4, 0.5) is 14.9 Å². The zero-order valence-electron chi connectivity index (χ0n) is 14.7. The molecule has 0 atom stereocenters. The van der Waals surface area contributed by atoms with Crippen LogP contribution in [0.1, 0.15) is 27.7 Å². The first-order chi connectivity index (χ1) is 12.1. The summed E-state index contributed by atoms with van der Waals surface area (Å²) in [6.07, 6.45) is -1.34. The monoisotopic (exact) mass is 380 g/mol. The van der Waals surface area contributed by atoms with Gasteiger partial charge in [-0.1, -0.05) is 11.3 Å². The number of benzene rings is 1. The molecule has 0 bridgehead atoms. The lowest BCUT2D eigenvalue weighted by Crippen LogP contribution is -2.41. The van der Waals surface area contributed by atoms with Gasteiger partial charge in [0.05, 0.1) is 22.5 Å². The molecule has 1 aliphatic heterocycles. The van der Waals surface area contributed by atoms with Gasteiger partial charge in [-0.3, -0.25) is 5.32 Å². The third-order valence-corrected chi connectivity index (χ3v) is 5.12. The highest BCUT2D eigenvalue weighted by atomic mass is 32.1. The van der Waals surface area contributed by atoms with E-state index in [9.17, 15) is 9.18 Å². The Labute approximate surface area is 154 Å². The molecule has 0 spiro atoms. The minimum Gasteiger partial charge on any atom is -0.465 e. The van der Waals surface area contributed by atoms with E-state index in [1.807, 2.05) is 33.0 Å². The maximum Gasteiger partial charge on any atom is 0.515 e. The van der Waals surface area contributed by atoms with Crippen molar-refractivity contribution >= 4 is 35.8 Å². The molecule has 2 N–H and O–H groups in total. The highest BCUT2D eigenvalue weighted by molar-refractivity contribution is 7.12. The fourth-order valence-electron chi connectivity index (χ4n) is 2.26. The van der Waals surface area contributed by atoms with Gasteiger partial charge in [-0.05, 0) is 39.8 Å². The Morgan fingerprint density at radius 1 is 1.31 bits per heavy atom. The molecule has 0 saturated carbocycles. The molecule has 0 aliphatic carbocycles. The predicted octanol–water partition coefficient (Wildman–Crippen LogP) is 3.46. The van der Waals surface area contributed by atoms with Crippen molar-refractivity contribution in [3.63, 3.8) is 0 Å². The Morgan fingerprint density at radius 3 is 2.54 bits per heavy atom. The first-order valence-corrected chi connectivity index (χ1v) is 8.74. The second kappa shape index (κ2) is 6.53. The van der Waals surface area contributed by atoms with Crippen LogP contribution in [0.2, 0.25) is 0 Å². The van der Waals surface area contributed by atoms with E-state index in [2.05, 4.69) is 4.98 Å². The van der Waals surface area contributed by atoms with E-state index in [1.54, 1.807) is 5.38 Å². The van der Waals surface area contributed by atoms with Gasteiger partial charge < -0.3 is 19.2 Å². The first kappa shape index (κ1) is 18.6. The number of anilines is 1. The molecule has 1 aliphatic rings. The number of aromatic nitrogens is 1. The number of carbonyl (C=O) groups is 1. The number of hydrogen-bond donors (Lipinski definition) is 2. The summed E-state index contributed by atoms with van der Waals surface area (Å²) >= 11 is 1.23. The molecule has 2 aromatic rings. The summed E-state index contributed by atoms with van der Waals surface area (Å²) in [4.78, 5) is 14.9. The average molecular weight is 380 g/mol. The van der Waals surface area contributed by atoms with E-state index in [1.165, 1.54) is 23.5 Å². The number of hydrogen-bond acceptors (Lipinski definition) is 6. The Balaban J connectivity index is 1.72. The zero-order chi connectivity index (χ0) is 19.1. The van der Waals surface area contributed by atoms with Crippen molar-refractivity contribution in [1.82, 2.24) is 4.98 Å². The molecule has 1 fully saturated rings. The van der Waals surface area contributed by atoms with Crippen molar-refractivity contribution in [3.8, 4) is 10.9 Å². The lowest BCUT2D eigenvalue weighted by atomic mass is 9.86. The van der Waals surface area contributed by atoms with E-state index >= 15 is 0 Å². The van der Waals surface area contributed by atoms with Gasteiger partial charge in [-0.2, -0.15) is 0 Å². The van der Waals surface area contributed by atoms with Crippen LogP contribution in [-0.4, -0.2) is 34.5 Å². The smallest absolute Gasteiger partial charge is 0.465 e. The molecule has 1 amide bonds. The molecule has 10 heteroatoms. The number of nitrogens with zero attached hydrogens (tertiary/aromatic N) is 1. The van der Waals surface area contributed by atoms with Gasteiger partial charge in [-0.25, -0.2) is 14.2 Å². The largest absolute Gasteiger partial charge is 0.515 e. The number of rotatable bonds is 4. The lowest BCUT2D eigenvalue weighted by Gasteiger charge is -2.32. The Hall–Kier alpha value is -2.17. The van der Waals surface area contributed by atoms with Crippen molar-refractivity contribution in [2.75, 3.05) is 5.32 Å². The van der Waals surface area contributed by atoms with Crippen LogP contribution in [0.3, 0.4) is 0 Å². The number of thiazole rings is 1. The molecule has 138 valence electrons. The molecular formula is C16H18BFN2O5S. The van der Waals surface area contributed by atoms with Crippen molar-refractivity contribution in [3.05, 3.63) is 29.4 Å². The fourth-order valence-corrected chi connectivity index (χ4v) is 2.95. The van der Waals surface area contributed by atoms with Gasteiger partial charge in [0.1, 0.15) is 5.75 Å². The van der Waals surface area contributed by atoms with E-state index < -0.39 is 30.2 Å². The number of halogens is 1. The molecule has 1 aromatic carbocycles. The molecule has 3 rings (SSSR count). The Bertz CT molecular complexity index is 826. The summed E-state index contributed by atoms with van der Waals surface area (Å²) in [5.74, 6) is -0.541. The maximum absolute atomic E-state index is 13.9. The number of carboxylic acid groups (broad SMARTS) is 1. The topological polar surface area (TPSA) is 89.9 Å². The van der Waals surface area contributed by atoms with Crippen molar-refractivity contribution in [1.29, 1.82) is 0 Å². The van der Waals surface area contributed by atoms with Gasteiger partial charge >= 0.3 is 13.2 Å². The second-order valence-corrected chi connectivity index (χ2v) is 7.62. The quantitative estimate of drug-likeness (QED) is 0.790. The molecule has 26 heavy (non-hydrogen) atoms. The Kier molecular flexibility index (Phi) is 4.68. The van der Waals surface area contributed by atoms with Crippen LogP contribution in [0.5, 0.6) is 10.9 Å². The summed E-state index contributed by atoms with van der Waals surface area (Å²) in [6, 6.07) is 3.81. The van der Waals surface area contributed by atoms with Crippen molar-refractivity contribution in [2.45, 2.75) is 38.9 Å². The number of nitrogens with one attached hydrogen (secondary N) is 1. The van der Waals surface area contributed by atoms with Crippen molar-refractivity contribution in [2.24, 2.45) is 0 Å². The summed E-state index contributed by atoms with van der Waals surface area (Å²) in [5.41, 5.74) is -0.522. The average Bonchev–Trinajstić information content (AvgIpc) is 3.04. The molecule has 1 saturated heterocycles. The maximum atomic E-state index is 13.9. The van der Waals surface area contributed by atoms with Crippen LogP contribution in [0.25, 0.3) is 0 Å². The second-order valence-electron chi connectivity index (χ2n) is 6.80. The van der Waals surface area contributed by atoms with Gasteiger partial charge in [-0.15, -0.1) is 0 Å². The molecule has 0 radical (unpaired) electrons. The molecule has 0 unspecified atom stereocenters. The highest BCUT2D eigenvalue weighted by Crippen LogP contribution is 2.37. The third-order valence-electron chi connectivity index (χ3n) is 4.38. The standard InChI is InChI=1S/C16H18BFN2O5S/c1-15(2)16(3,4)25-17(24-15)12-8-26-14(20-12)23-9-5-6-11(10(18)7-9)19-13(21)22/h5-8,19H,1-4H3,(H,21,22). The number of ether oxygens (including phenoxy) is 1. The van der Waals surface area contributed by atoms with Crippen LogP contribution in [-0.2, 0) is 9.31 Å². The van der Waals surface area contributed by atoms with Crippen LogP contribution in [0, 0.1) is 5.82 Å². The van der Waals surface area contributed by atoms with E-state index in [0.29, 0.717) is 10.8 Å². The fraction of sp³-hybridized carbons (Fsp3) is 0.375. The van der Waals surface area contributed by atoms with Gasteiger partial charge in [0, 0.05) is 11.4 Å². The third kappa shape index (κ3) is 3.67. The van der Waals surface area contributed by atoms with Gasteiger partial charge in [0.15, 0.2) is 5.82 Å². The predicted molar refractivity (Wildman–Crippen MR) is 96.0 cm³/mol. The molecular weight excluding hydrogens is 362 g/mol.